The van der Waals surface area contributed by atoms with Crippen LogP contribution in [0.25, 0.3) is 0 Å². The molecule has 0 amide bonds. The summed E-state index contributed by atoms with van der Waals surface area (Å²) in [4.78, 5) is 0. The van der Waals surface area contributed by atoms with Crippen molar-refractivity contribution in [1.29, 1.82) is 0 Å². The minimum Gasteiger partial charge on any atom is -0.493 e. The number of halogens is 1. The number of hydrogen-bond donors (Lipinski definition) is 1. The van der Waals surface area contributed by atoms with Crippen LogP contribution in [0.2, 0.25) is 5.02 Å². The van der Waals surface area contributed by atoms with Crippen molar-refractivity contribution in [3.05, 3.63) is 22.7 Å². The first-order chi connectivity index (χ1) is 9.08. The van der Waals surface area contributed by atoms with Crippen molar-refractivity contribution in [2.24, 2.45) is 5.73 Å². The minimum absolute atomic E-state index is 0.0514. The fourth-order valence-corrected chi connectivity index (χ4v) is 2.50. The zero-order valence-corrected chi connectivity index (χ0v) is 13.3. The molecule has 0 saturated heterocycles. The highest BCUT2D eigenvalue weighted by atomic mass is 35.5. The second-order valence-electron chi connectivity index (χ2n) is 4.32. The van der Waals surface area contributed by atoms with Crippen LogP contribution in [0.5, 0.6) is 11.5 Å². The van der Waals surface area contributed by atoms with Crippen molar-refractivity contribution < 1.29 is 9.47 Å². The molecule has 0 heterocycles. The summed E-state index contributed by atoms with van der Waals surface area (Å²) in [6.45, 7) is 4.75. The zero-order valence-electron chi connectivity index (χ0n) is 11.7. The molecule has 0 aliphatic carbocycles. The van der Waals surface area contributed by atoms with E-state index in [-0.39, 0.29) is 6.04 Å². The molecule has 0 radical (unpaired) electrons. The Morgan fingerprint density at radius 1 is 1.42 bits per heavy atom. The number of ether oxygens (including phenoxy) is 2. The first-order valence-electron chi connectivity index (χ1n) is 6.41. The van der Waals surface area contributed by atoms with Crippen LogP contribution in [0, 0.1) is 0 Å². The van der Waals surface area contributed by atoms with E-state index in [4.69, 9.17) is 26.8 Å². The lowest BCUT2D eigenvalue weighted by Gasteiger charge is -2.17. The maximum Gasteiger partial charge on any atom is 0.164 e. The maximum absolute atomic E-state index is 6.09. The smallest absolute Gasteiger partial charge is 0.164 e. The van der Waals surface area contributed by atoms with Gasteiger partial charge < -0.3 is 15.2 Å². The summed E-state index contributed by atoms with van der Waals surface area (Å²) in [5, 5.41) is 0.641. The predicted octanol–water partition coefficient (Wildman–Crippen LogP) is 3.37. The van der Waals surface area contributed by atoms with Crippen LogP contribution in [0.1, 0.15) is 19.4 Å². The van der Waals surface area contributed by atoms with E-state index in [2.05, 4.69) is 6.92 Å². The summed E-state index contributed by atoms with van der Waals surface area (Å²) >= 11 is 7.93. The third-order valence-electron chi connectivity index (χ3n) is 2.54. The molecule has 0 aromatic heterocycles. The molecule has 108 valence electrons. The van der Waals surface area contributed by atoms with Gasteiger partial charge in [-0.1, -0.05) is 18.5 Å². The fraction of sp³-hybridized carbons (Fsp3) is 0.571. The average molecular weight is 304 g/mol. The molecule has 0 aliphatic rings. The molecule has 1 atom stereocenters. The molecule has 5 heteroatoms. The molecule has 3 nitrogen and oxygen atoms in total. The highest BCUT2D eigenvalue weighted by Gasteiger charge is 2.14. The Balaban J connectivity index is 2.89. The molecule has 1 aromatic carbocycles. The first-order valence-corrected chi connectivity index (χ1v) is 7.94. The summed E-state index contributed by atoms with van der Waals surface area (Å²) < 4.78 is 11.2. The Morgan fingerprint density at radius 3 is 2.74 bits per heavy atom. The van der Waals surface area contributed by atoms with Crippen molar-refractivity contribution in [2.75, 3.05) is 25.2 Å². The molecule has 1 unspecified atom stereocenters. The number of benzene rings is 1. The van der Waals surface area contributed by atoms with E-state index in [1.54, 1.807) is 13.2 Å². The van der Waals surface area contributed by atoms with Crippen LogP contribution in [-0.4, -0.2) is 31.3 Å². The van der Waals surface area contributed by atoms with Gasteiger partial charge in [-0.25, -0.2) is 0 Å². The Bertz CT molecular complexity index is 399. The summed E-state index contributed by atoms with van der Waals surface area (Å²) in [6.07, 6.45) is 0.715. The van der Waals surface area contributed by atoms with Crippen molar-refractivity contribution in [3.63, 3.8) is 0 Å². The third-order valence-corrected chi connectivity index (χ3v) is 3.62. The van der Waals surface area contributed by atoms with Crippen LogP contribution in [0.4, 0.5) is 0 Å². The lowest BCUT2D eigenvalue weighted by Crippen LogP contribution is -2.18. The SMILES string of the molecule is CCSCCOc1c(CC(C)N)cc(Cl)cc1OC. The number of thioether (sulfide) groups is 1. The van der Waals surface area contributed by atoms with E-state index in [0.717, 1.165) is 22.8 Å². The van der Waals surface area contributed by atoms with Crippen molar-refractivity contribution in [2.45, 2.75) is 26.3 Å². The molecular formula is C14H22ClNO2S. The van der Waals surface area contributed by atoms with Gasteiger partial charge in [-0.05, 0) is 25.2 Å². The van der Waals surface area contributed by atoms with Crippen molar-refractivity contribution >= 4 is 23.4 Å². The lowest BCUT2D eigenvalue weighted by atomic mass is 10.1. The van der Waals surface area contributed by atoms with Gasteiger partial charge in [-0.2, -0.15) is 11.8 Å². The summed E-state index contributed by atoms with van der Waals surface area (Å²) in [6, 6.07) is 3.72. The van der Waals surface area contributed by atoms with Crippen LogP contribution in [0.3, 0.4) is 0 Å². The molecule has 19 heavy (non-hydrogen) atoms. The normalized spacial score (nSPS) is 12.3. The van der Waals surface area contributed by atoms with Crippen LogP contribution < -0.4 is 15.2 Å². The van der Waals surface area contributed by atoms with Gasteiger partial charge in [0.25, 0.3) is 0 Å². The van der Waals surface area contributed by atoms with Crippen molar-refractivity contribution in [3.8, 4) is 11.5 Å². The maximum atomic E-state index is 6.09. The van der Waals surface area contributed by atoms with E-state index >= 15 is 0 Å². The quantitative estimate of drug-likeness (QED) is 0.748. The van der Waals surface area contributed by atoms with Crippen LogP contribution >= 0.6 is 23.4 Å². The van der Waals surface area contributed by atoms with Crippen LogP contribution in [-0.2, 0) is 6.42 Å². The molecule has 0 fully saturated rings. The first kappa shape index (κ1) is 16.5. The topological polar surface area (TPSA) is 44.5 Å². The molecule has 2 N–H and O–H groups in total. The minimum atomic E-state index is 0.0514. The molecule has 0 saturated carbocycles. The summed E-state index contributed by atoms with van der Waals surface area (Å²) in [7, 11) is 1.62. The number of hydrogen-bond acceptors (Lipinski definition) is 4. The molecule has 0 bridgehead atoms. The molecular weight excluding hydrogens is 282 g/mol. The summed E-state index contributed by atoms with van der Waals surface area (Å²) in [5.41, 5.74) is 6.87. The van der Waals surface area contributed by atoms with Gasteiger partial charge in [0.1, 0.15) is 0 Å². The van der Waals surface area contributed by atoms with Gasteiger partial charge in [0.15, 0.2) is 11.5 Å². The molecule has 0 spiro atoms. The second-order valence-corrected chi connectivity index (χ2v) is 6.15. The van der Waals surface area contributed by atoms with E-state index in [9.17, 15) is 0 Å². The van der Waals surface area contributed by atoms with Gasteiger partial charge in [0.05, 0.1) is 13.7 Å². The Kier molecular flexibility index (Phi) is 7.42. The van der Waals surface area contributed by atoms with Crippen LogP contribution in [0.15, 0.2) is 12.1 Å². The van der Waals surface area contributed by atoms with Gasteiger partial charge >= 0.3 is 0 Å². The number of nitrogens with two attached hydrogens (primary N) is 1. The lowest BCUT2D eigenvalue weighted by molar-refractivity contribution is 0.309. The third kappa shape index (κ3) is 5.51. The van der Waals surface area contributed by atoms with E-state index in [1.807, 2.05) is 24.8 Å². The van der Waals surface area contributed by atoms with E-state index in [1.165, 1.54) is 0 Å². The van der Waals surface area contributed by atoms with Gasteiger partial charge in [0.2, 0.25) is 0 Å². The Morgan fingerprint density at radius 2 is 2.16 bits per heavy atom. The number of rotatable bonds is 8. The Hall–Kier alpha value is -0.580. The Labute approximate surface area is 124 Å². The van der Waals surface area contributed by atoms with Crippen molar-refractivity contribution in [1.82, 2.24) is 0 Å². The van der Waals surface area contributed by atoms with Gasteiger partial charge in [0, 0.05) is 28.4 Å². The highest BCUT2D eigenvalue weighted by molar-refractivity contribution is 7.99. The fourth-order valence-electron chi connectivity index (χ4n) is 1.78. The molecule has 1 rings (SSSR count). The van der Waals surface area contributed by atoms with E-state index < -0.39 is 0 Å². The summed E-state index contributed by atoms with van der Waals surface area (Å²) in [5.74, 6) is 3.49. The number of methoxy groups -OCH3 is 1. The zero-order chi connectivity index (χ0) is 14.3. The second kappa shape index (κ2) is 8.56. The average Bonchev–Trinajstić information content (AvgIpc) is 2.35. The predicted molar refractivity (Wildman–Crippen MR) is 83.9 cm³/mol. The molecule has 0 aliphatic heterocycles. The van der Waals surface area contributed by atoms with Gasteiger partial charge in [-0.15, -0.1) is 0 Å². The standard InChI is InChI=1S/C14H22ClNO2S/c1-4-19-6-5-18-14-11(7-10(2)16)8-12(15)9-13(14)17-3/h8-10H,4-7,16H2,1-3H3. The molecule has 1 aromatic rings. The highest BCUT2D eigenvalue weighted by Crippen LogP contribution is 2.35. The van der Waals surface area contributed by atoms with E-state index in [0.29, 0.717) is 23.8 Å². The monoisotopic (exact) mass is 303 g/mol. The van der Waals surface area contributed by atoms with Gasteiger partial charge in [-0.3, -0.25) is 0 Å². The largest absolute Gasteiger partial charge is 0.493 e.